The van der Waals surface area contributed by atoms with Crippen LogP contribution in [0.15, 0.2) is 12.3 Å². The number of hydrogen-bond donors (Lipinski definition) is 1. The van der Waals surface area contributed by atoms with E-state index < -0.39 is 0 Å². The molecule has 0 amide bonds. The van der Waals surface area contributed by atoms with Gasteiger partial charge < -0.3 is 10.5 Å². The Labute approximate surface area is 115 Å². The summed E-state index contributed by atoms with van der Waals surface area (Å²) >= 11 is 0. The number of rotatable bonds is 6. The van der Waals surface area contributed by atoms with Gasteiger partial charge in [-0.1, -0.05) is 6.92 Å². The van der Waals surface area contributed by atoms with E-state index in [0.29, 0.717) is 6.61 Å². The van der Waals surface area contributed by atoms with Gasteiger partial charge in [-0.15, -0.1) is 0 Å². The van der Waals surface area contributed by atoms with Gasteiger partial charge in [0.2, 0.25) is 0 Å². The van der Waals surface area contributed by atoms with Crippen LogP contribution in [0.3, 0.4) is 0 Å². The molecular formula is C15H25N3O. The van der Waals surface area contributed by atoms with Gasteiger partial charge >= 0.3 is 0 Å². The molecule has 0 aliphatic heterocycles. The van der Waals surface area contributed by atoms with Crippen LogP contribution in [0.4, 0.5) is 0 Å². The monoisotopic (exact) mass is 263 g/mol. The summed E-state index contributed by atoms with van der Waals surface area (Å²) in [5.74, 6) is 0.854. The predicted molar refractivity (Wildman–Crippen MR) is 75.8 cm³/mol. The molecule has 0 saturated heterocycles. The number of aromatic nitrogens is 2. The quantitative estimate of drug-likeness (QED) is 0.857. The van der Waals surface area contributed by atoms with Crippen molar-refractivity contribution < 1.29 is 4.74 Å². The standard InChI is InChI=1S/C15H25N3O/c1-3-12(16)11-13-7-10-17-14(18-13)15(19-4-2)8-5-6-9-15/h7,10,12H,3-6,8-9,11,16H2,1-2H3. The molecule has 4 nitrogen and oxygen atoms in total. The SMILES string of the molecule is CCOC1(c2nccc(CC(N)CC)n2)CCCC1. The van der Waals surface area contributed by atoms with E-state index in [2.05, 4.69) is 11.9 Å². The molecule has 1 heterocycles. The second kappa shape index (κ2) is 6.44. The van der Waals surface area contributed by atoms with Gasteiger partial charge in [0, 0.05) is 31.0 Å². The largest absolute Gasteiger partial charge is 0.367 e. The van der Waals surface area contributed by atoms with Crippen molar-refractivity contribution in [1.82, 2.24) is 9.97 Å². The molecule has 1 aliphatic carbocycles. The van der Waals surface area contributed by atoms with E-state index in [1.54, 1.807) is 0 Å². The Balaban J connectivity index is 2.21. The maximum Gasteiger partial charge on any atom is 0.160 e. The average molecular weight is 263 g/mol. The number of hydrogen-bond acceptors (Lipinski definition) is 4. The first-order valence-corrected chi connectivity index (χ1v) is 7.42. The van der Waals surface area contributed by atoms with E-state index in [1.165, 1.54) is 12.8 Å². The molecule has 1 aromatic rings. The molecule has 0 spiro atoms. The summed E-state index contributed by atoms with van der Waals surface area (Å²) < 4.78 is 6.01. The highest BCUT2D eigenvalue weighted by atomic mass is 16.5. The van der Waals surface area contributed by atoms with Crippen molar-refractivity contribution >= 4 is 0 Å². The van der Waals surface area contributed by atoms with Crippen LogP contribution in [0.25, 0.3) is 0 Å². The average Bonchev–Trinajstić information content (AvgIpc) is 2.89. The Morgan fingerprint density at radius 1 is 1.37 bits per heavy atom. The summed E-state index contributed by atoms with van der Waals surface area (Å²) in [6, 6.07) is 2.14. The third kappa shape index (κ3) is 3.31. The van der Waals surface area contributed by atoms with Crippen LogP contribution in [-0.4, -0.2) is 22.6 Å². The van der Waals surface area contributed by atoms with E-state index in [0.717, 1.165) is 37.2 Å². The van der Waals surface area contributed by atoms with Gasteiger partial charge in [0.1, 0.15) is 5.60 Å². The molecule has 106 valence electrons. The zero-order valence-electron chi connectivity index (χ0n) is 12.1. The summed E-state index contributed by atoms with van der Waals surface area (Å²) in [7, 11) is 0. The molecule has 1 atom stereocenters. The summed E-state index contributed by atoms with van der Waals surface area (Å²) in [5.41, 5.74) is 6.79. The van der Waals surface area contributed by atoms with Crippen molar-refractivity contribution in [3.05, 3.63) is 23.8 Å². The molecule has 1 unspecified atom stereocenters. The second-order valence-corrected chi connectivity index (χ2v) is 5.38. The van der Waals surface area contributed by atoms with Gasteiger partial charge in [-0.3, -0.25) is 0 Å². The minimum atomic E-state index is -0.249. The molecule has 1 fully saturated rings. The van der Waals surface area contributed by atoms with Crippen molar-refractivity contribution in [2.75, 3.05) is 6.61 Å². The molecule has 1 aromatic heterocycles. The van der Waals surface area contributed by atoms with Crippen molar-refractivity contribution in [3.63, 3.8) is 0 Å². The van der Waals surface area contributed by atoms with Gasteiger partial charge in [0.05, 0.1) is 0 Å². The summed E-state index contributed by atoms with van der Waals surface area (Å²) in [5, 5.41) is 0. The lowest BCUT2D eigenvalue weighted by Crippen LogP contribution is -2.30. The number of nitrogens with two attached hydrogens (primary N) is 1. The predicted octanol–water partition coefficient (Wildman–Crippen LogP) is 2.56. The van der Waals surface area contributed by atoms with Crippen LogP contribution < -0.4 is 5.73 Å². The lowest BCUT2D eigenvalue weighted by molar-refractivity contribution is -0.0458. The number of nitrogens with zero attached hydrogens (tertiary/aromatic N) is 2. The Morgan fingerprint density at radius 2 is 2.11 bits per heavy atom. The molecule has 0 bridgehead atoms. The van der Waals surface area contributed by atoms with Crippen molar-refractivity contribution in [2.45, 2.75) is 64.0 Å². The van der Waals surface area contributed by atoms with Crippen molar-refractivity contribution in [2.24, 2.45) is 5.73 Å². The normalized spacial score (nSPS) is 19.5. The third-order valence-electron chi connectivity index (χ3n) is 3.95. The summed E-state index contributed by atoms with van der Waals surface area (Å²) in [6.45, 7) is 4.85. The first-order chi connectivity index (χ1) is 9.20. The Hall–Kier alpha value is -1.00. The summed E-state index contributed by atoms with van der Waals surface area (Å²) in [4.78, 5) is 9.19. The van der Waals surface area contributed by atoms with E-state index in [9.17, 15) is 0 Å². The van der Waals surface area contributed by atoms with Crippen LogP contribution in [0.1, 0.15) is 57.5 Å². The van der Waals surface area contributed by atoms with E-state index in [-0.39, 0.29) is 11.6 Å². The fourth-order valence-corrected chi connectivity index (χ4v) is 2.80. The molecule has 1 saturated carbocycles. The van der Waals surface area contributed by atoms with Crippen LogP contribution in [0.2, 0.25) is 0 Å². The lowest BCUT2D eigenvalue weighted by atomic mass is 10.0. The first kappa shape index (κ1) is 14.4. The minimum absolute atomic E-state index is 0.175. The fourth-order valence-electron chi connectivity index (χ4n) is 2.80. The molecule has 1 aliphatic rings. The highest BCUT2D eigenvalue weighted by Crippen LogP contribution is 2.40. The molecule has 0 aromatic carbocycles. The van der Waals surface area contributed by atoms with Gasteiger partial charge in [-0.05, 0) is 45.1 Å². The van der Waals surface area contributed by atoms with Gasteiger partial charge in [0.25, 0.3) is 0 Å². The lowest BCUT2D eigenvalue weighted by Gasteiger charge is -2.27. The smallest absolute Gasteiger partial charge is 0.160 e. The highest BCUT2D eigenvalue weighted by Gasteiger charge is 2.39. The minimum Gasteiger partial charge on any atom is -0.367 e. The zero-order valence-corrected chi connectivity index (χ0v) is 12.1. The second-order valence-electron chi connectivity index (χ2n) is 5.38. The molecule has 2 N–H and O–H groups in total. The Morgan fingerprint density at radius 3 is 2.74 bits per heavy atom. The zero-order chi connectivity index (χ0) is 13.7. The van der Waals surface area contributed by atoms with Crippen LogP contribution in [-0.2, 0) is 16.8 Å². The van der Waals surface area contributed by atoms with Crippen LogP contribution >= 0.6 is 0 Å². The Kier molecular flexibility index (Phi) is 4.88. The van der Waals surface area contributed by atoms with E-state index >= 15 is 0 Å². The van der Waals surface area contributed by atoms with Gasteiger partial charge in [-0.2, -0.15) is 0 Å². The van der Waals surface area contributed by atoms with Gasteiger partial charge in [-0.25, -0.2) is 9.97 Å². The van der Waals surface area contributed by atoms with E-state index in [4.69, 9.17) is 15.5 Å². The van der Waals surface area contributed by atoms with Crippen LogP contribution in [0, 0.1) is 0 Å². The number of ether oxygens (including phenoxy) is 1. The highest BCUT2D eigenvalue weighted by molar-refractivity contribution is 5.11. The maximum absolute atomic E-state index is 6.01. The van der Waals surface area contributed by atoms with Crippen LogP contribution in [0.5, 0.6) is 0 Å². The van der Waals surface area contributed by atoms with Gasteiger partial charge in [0.15, 0.2) is 5.82 Å². The molecule has 19 heavy (non-hydrogen) atoms. The summed E-state index contributed by atoms with van der Waals surface area (Å²) in [6.07, 6.45) is 8.08. The molecule has 4 heteroatoms. The van der Waals surface area contributed by atoms with Crippen molar-refractivity contribution in [3.8, 4) is 0 Å². The molecule has 0 radical (unpaired) electrons. The first-order valence-electron chi connectivity index (χ1n) is 7.42. The molecule has 2 rings (SSSR count). The molecular weight excluding hydrogens is 238 g/mol. The topological polar surface area (TPSA) is 61.0 Å². The Bertz CT molecular complexity index is 402. The van der Waals surface area contributed by atoms with Crippen molar-refractivity contribution in [1.29, 1.82) is 0 Å². The third-order valence-corrected chi connectivity index (χ3v) is 3.95. The maximum atomic E-state index is 6.01. The fraction of sp³-hybridized carbons (Fsp3) is 0.733. The van der Waals surface area contributed by atoms with E-state index in [1.807, 2.05) is 19.2 Å².